The van der Waals surface area contributed by atoms with Crippen molar-refractivity contribution in [1.29, 1.82) is 0 Å². The molecule has 9 heteroatoms. The summed E-state index contributed by atoms with van der Waals surface area (Å²) in [5, 5.41) is 5.08. The molecule has 1 heterocycles. The Balaban J connectivity index is 2.17. The third-order valence-corrected chi connectivity index (χ3v) is 4.93. The molecule has 0 spiro atoms. The fourth-order valence-electron chi connectivity index (χ4n) is 2.67. The zero-order valence-electron chi connectivity index (χ0n) is 14.2. The average molecular weight is 370 g/mol. The van der Waals surface area contributed by atoms with E-state index < -0.39 is 22.1 Å². The number of rotatable bonds is 5. The summed E-state index contributed by atoms with van der Waals surface area (Å²) in [7, 11) is -2.65. The second-order valence-corrected chi connectivity index (χ2v) is 7.40. The third-order valence-electron chi connectivity index (χ3n) is 4.02. The molecule has 1 aliphatic rings. The molecule has 8 nitrogen and oxygen atoms in total. The lowest BCUT2D eigenvalue weighted by molar-refractivity contribution is -0.140. The zero-order valence-corrected chi connectivity index (χ0v) is 15.0. The Kier molecular flexibility index (Phi) is 6.02. The lowest BCUT2D eigenvalue weighted by atomic mass is 10.1. The largest absolute Gasteiger partial charge is 0.496 e. The summed E-state index contributed by atoms with van der Waals surface area (Å²) in [5.41, 5.74) is -0.104. The number of methoxy groups -OCH3 is 1. The van der Waals surface area contributed by atoms with Gasteiger partial charge in [0.05, 0.1) is 12.0 Å². The molecule has 138 valence electrons. The predicted octanol–water partition coefficient (Wildman–Crippen LogP) is 0.900. The predicted molar refractivity (Wildman–Crippen MR) is 89.7 cm³/mol. The molecule has 1 aromatic rings. The van der Waals surface area contributed by atoms with Crippen LogP contribution >= 0.6 is 0 Å². The van der Waals surface area contributed by atoms with Crippen LogP contribution in [-0.2, 0) is 19.6 Å². The van der Waals surface area contributed by atoms with Crippen molar-refractivity contribution in [2.45, 2.75) is 37.2 Å². The highest BCUT2D eigenvalue weighted by atomic mass is 32.2. The lowest BCUT2D eigenvalue weighted by Crippen LogP contribution is -2.42. The SMILES string of the molecule is COc1ccc(S(N)(=O)=O)cc1C(=O)O[C@H](C)C(=O)N1CCCCC1. The molecule has 1 amide bonds. The summed E-state index contributed by atoms with van der Waals surface area (Å²) in [6, 6.07) is 3.62. The van der Waals surface area contributed by atoms with Crippen LogP contribution in [0.1, 0.15) is 36.5 Å². The number of likely N-dealkylation sites (tertiary alicyclic amines) is 1. The minimum atomic E-state index is -3.98. The number of carbonyl (C=O) groups is 2. The highest BCUT2D eigenvalue weighted by molar-refractivity contribution is 7.89. The molecule has 0 aromatic heterocycles. The van der Waals surface area contributed by atoms with Crippen LogP contribution in [0.25, 0.3) is 0 Å². The van der Waals surface area contributed by atoms with Crippen molar-refractivity contribution in [2.75, 3.05) is 20.2 Å². The number of nitrogens with two attached hydrogens (primary N) is 1. The first-order valence-corrected chi connectivity index (χ1v) is 9.49. The quantitative estimate of drug-likeness (QED) is 0.770. The number of esters is 1. The van der Waals surface area contributed by atoms with Crippen LogP contribution in [0.5, 0.6) is 5.75 Å². The van der Waals surface area contributed by atoms with Crippen molar-refractivity contribution in [2.24, 2.45) is 5.14 Å². The maximum absolute atomic E-state index is 12.4. The Morgan fingerprint density at radius 1 is 1.20 bits per heavy atom. The molecule has 0 aliphatic carbocycles. The number of carbonyl (C=O) groups excluding carboxylic acids is 2. The van der Waals surface area contributed by atoms with E-state index in [1.165, 1.54) is 26.2 Å². The fourth-order valence-corrected chi connectivity index (χ4v) is 3.21. The molecule has 0 saturated carbocycles. The Hall–Kier alpha value is -2.13. The number of piperidine rings is 1. The van der Waals surface area contributed by atoms with Gasteiger partial charge in [-0.05, 0) is 44.4 Å². The topological polar surface area (TPSA) is 116 Å². The van der Waals surface area contributed by atoms with Gasteiger partial charge in [0, 0.05) is 13.1 Å². The maximum atomic E-state index is 12.4. The standard InChI is InChI=1S/C16H22N2O6S/c1-11(15(19)18-8-4-3-5-9-18)24-16(20)13-10-12(25(17,21)22)6-7-14(13)23-2/h6-7,10-11H,3-5,8-9H2,1-2H3,(H2,17,21,22)/t11-/m1/s1. The van der Waals surface area contributed by atoms with Gasteiger partial charge in [0.25, 0.3) is 5.91 Å². The number of sulfonamides is 1. The van der Waals surface area contributed by atoms with Gasteiger partial charge in [0.15, 0.2) is 6.10 Å². The normalized spacial score (nSPS) is 16.2. The number of ether oxygens (including phenoxy) is 2. The molecule has 0 unspecified atom stereocenters. The van der Waals surface area contributed by atoms with E-state index in [0.29, 0.717) is 13.1 Å². The van der Waals surface area contributed by atoms with Crippen molar-refractivity contribution in [1.82, 2.24) is 4.90 Å². The summed E-state index contributed by atoms with van der Waals surface area (Å²) in [6.07, 6.45) is 1.96. The van der Waals surface area contributed by atoms with Gasteiger partial charge >= 0.3 is 5.97 Å². The van der Waals surface area contributed by atoms with Crippen LogP contribution in [0.3, 0.4) is 0 Å². The van der Waals surface area contributed by atoms with Gasteiger partial charge in [-0.2, -0.15) is 0 Å². The van der Waals surface area contributed by atoms with Gasteiger partial charge < -0.3 is 14.4 Å². The van der Waals surface area contributed by atoms with Gasteiger partial charge in [0.2, 0.25) is 10.0 Å². The Labute approximate surface area is 146 Å². The van der Waals surface area contributed by atoms with Gasteiger partial charge in [-0.3, -0.25) is 4.79 Å². The molecule has 1 saturated heterocycles. The molecule has 1 fully saturated rings. The minimum absolute atomic E-state index is 0.104. The van der Waals surface area contributed by atoms with Gasteiger partial charge in [-0.1, -0.05) is 0 Å². The van der Waals surface area contributed by atoms with Crippen LogP contribution in [-0.4, -0.2) is 51.5 Å². The number of nitrogens with zero attached hydrogens (tertiary/aromatic N) is 1. The smallest absolute Gasteiger partial charge is 0.342 e. The molecule has 0 radical (unpaired) electrons. The van der Waals surface area contributed by atoms with Gasteiger partial charge in [-0.15, -0.1) is 0 Å². The van der Waals surface area contributed by atoms with Crippen molar-refractivity contribution < 1.29 is 27.5 Å². The van der Waals surface area contributed by atoms with Crippen LogP contribution in [0.4, 0.5) is 0 Å². The van der Waals surface area contributed by atoms with Crippen LogP contribution in [0, 0.1) is 0 Å². The molecule has 2 N–H and O–H groups in total. The number of benzene rings is 1. The summed E-state index contributed by atoms with van der Waals surface area (Å²) in [6.45, 7) is 2.78. The molecule has 1 atom stereocenters. The lowest BCUT2D eigenvalue weighted by Gasteiger charge is -2.29. The third kappa shape index (κ3) is 4.70. The number of primary sulfonamides is 1. The van der Waals surface area contributed by atoms with Crippen molar-refractivity contribution in [3.63, 3.8) is 0 Å². The van der Waals surface area contributed by atoms with Crippen molar-refractivity contribution in [3.05, 3.63) is 23.8 Å². The van der Waals surface area contributed by atoms with E-state index in [0.717, 1.165) is 25.3 Å². The van der Waals surface area contributed by atoms with E-state index in [1.807, 2.05) is 0 Å². The molecule has 2 rings (SSSR count). The molecular weight excluding hydrogens is 348 g/mol. The first-order valence-electron chi connectivity index (χ1n) is 7.94. The first-order chi connectivity index (χ1) is 11.7. The summed E-state index contributed by atoms with van der Waals surface area (Å²) in [5.74, 6) is -0.982. The summed E-state index contributed by atoms with van der Waals surface area (Å²) in [4.78, 5) is 26.2. The minimum Gasteiger partial charge on any atom is -0.496 e. The molecule has 1 aromatic carbocycles. The second-order valence-electron chi connectivity index (χ2n) is 5.84. The van der Waals surface area contributed by atoms with E-state index in [1.54, 1.807) is 4.90 Å². The van der Waals surface area contributed by atoms with E-state index in [4.69, 9.17) is 14.6 Å². The van der Waals surface area contributed by atoms with Gasteiger partial charge in [0.1, 0.15) is 11.3 Å². The number of hydrogen-bond donors (Lipinski definition) is 1. The highest BCUT2D eigenvalue weighted by Gasteiger charge is 2.27. The Morgan fingerprint density at radius 3 is 2.40 bits per heavy atom. The second kappa shape index (κ2) is 7.83. The van der Waals surface area contributed by atoms with E-state index in [-0.39, 0.29) is 22.1 Å². The highest BCUT2D eigenvalue weighted by Crippen LogP contribution is 2.23. The molecule has 0 bridgehead atoms. The Morgan fingerprint density at radius 2 is 1.84 bits per heavy atom. The van der Waals surface area contributed by atoms with E-state index >= 15 is 0 Å². The van der Waals surface area contributed by atoms with Crippen LogP contribution in [0.2, 0.25) is 0 Å². The number of hydrogen-bond acceptors (Lipinski definition) is 6. The van der Waals surface area contributed by atoms with E-state index in [9.17, 15) is 18.0 Å². The summed E-state index contributed by atoms with van der Waals surface area (Å²) >= 11 is 0. The van der Waals surface area contributed by atoms with Crippen LogP contribution < -0.4 is 9.88 Å². The molecular formula is C16H22N2O6S. The monoisotopic (exact) mass is 370 g/mol. The average Bonchev–Trinajstić information content (AvgIpc) is 2.60. The first kappa shape index (κ1) is 19.2. The Bertz CT molecular complexity index is 756. The molecule has 25 heavy (non-hydrogen) atoms. The van der Waals surface area contributed by atoms with Crippen LogP contribution in [0.15, 0.2) is 23.1 Å². The van der Waals surface area contributed by atoms with E-state index in [2.05, 4.69) is 0 Å². The molecule has 1 aliphatic heterocycles. The zero-order chi connectivity index (χ0) is 18.6. The van der Waals surface area contributed by atoms with Crippen molar-refractivity contribution in [3.8, 4) is 5.75 Å². The number of amides is 1. The van der Waals surface area contributed by atoms with Gasteiger partial charge in [-0.25, -0.2) is 18.4 Å². The van der Waals surface area contributed by atoms with Crippen molar-refractivity contribution >= 4 is 21.9 Å². The summed E-state index contributed by atoms with van der Waals surface area (Å²) < 4.78 is 33.2. The maximum Gasteiger partial charge on any atom is 0.342 e. The fraction of sp³-hybridized carbons (Fsp3) is 0.500.